The fraction of sp³-hybridized carbons (Fsp3) is 0.433. The molecule has 0 fully saturated rings. The van der Waals surface area contributed by atoms with Crippen molar-refractivity contribution in [3.63, 3.8) is 0 Å². The molecule has 1 heterocycles. The molecule has 0 aromatic heterocycles. The molecule has 3 amide bonds. The minimum absolute atomic E-state index is 0.0352. The number of amides is 3. The van der Waals surface area contributed by atoms with Gasteiger partial charge in [-0.25, -0.2) is 0 Å². The molecule has 0 saturated carbocycles. The van der Waals surface area contributed by atoms with Gasteiger partial charge in [0.15, 0.2) is 5.78 Å². The largest absolute Gasteiger partial charge is 0.488 e. The average molecular weight is 565 g/mol. The van der Waals surface area contributed by atoms with Crippen molar-refractivity contribution in [1.29, 1.82) is 5.41 Å². The summed E-state index contributed by atoms with van der Waals surface area (Å²) < 4.78 is 6.07. The Morgan fingerprint density at radius 2 is 1.88 bits per heavy atom. The van der Waals surface area contributed by atoms with Gasteiger partial charge in [-0.2, -0.15) is 0 Å². The third-order valence-corrected chi connectivity index (χ3v) is 7.39. The Bertz CT molecular complexity index is 1310. The highest BCUT2D eigenvalue weighted by atomic mass is 16.5. The van der Waals surface area contributed by atoms with Crippen LogP contribution in [0.3, 0.4) is 0 Å². The first-order valence-corrected chi connectivity index (χ1v) is 13.9. The summed E-state index contributed by atoms with van der Waals surface area (Å²) in [6, 6.07) is 8.72. The first kappa shape index (κ1) is 31.3. The van der Waals surface area contributed by atoms with Crippen molar-refractivity contribution in [2.45, 2.75) is 65.0 Å². The summed E-state index contributed by atoms with van der Waals surface area (Å²) in [5.74, 6) is -2.49. The maximum atomic E-state index is 13.7. The molecule has 3 rings (SSSR count). The number of hydrogen-bond donors (Lipinski definition) is 6. The van der Waals surface area contributed by atoms with Crippen molar-refractivity contribution in [3.8, 4) is 5.75 Å². The molecule has 9 N–H and O–H groups in total. The van der Waals surface area contributed by atoms with Crippen molar-refractivity contribution in [3.05, 3.63) is 58.7 Å². The number of primary amides is 1. The van der Waals surface area contributed by atoms with Gasteiger partial charge in [-0.05, 0) is 55.1 Å². The van der Waals surface area contributed by atoms with E-state index in [9.17, 15) is 19.2 Å². The summed E-state index contributed by atoms with van der Waals surface area (Å²) in [6.07, 6.45) is 2.45. The predicted molar refractivity (Wildman–Crippen MR) is 157 cm³/mol. The summed E-state index contributed by atoms with van der Waals surface area (Å²) in [7, 11) is 0. The molecule has 0 spiro atoms. The summed E-state index contributed by atoms with van der Waals surface area (Å²) in [4.78, 5) is 52.8. The first-order chi connectivity index (χ1) is 19.5. The van der Waals surface area contributed by atoms with E-state index in [1.165, 1.54) is 12.1 Å². The van der Waals surface area contributed by atoms with Gasteiger partial charge in [0.1, 0.15) is 12.4 Å². The molecule has 2 aromatic rings. The Kier molecular flexibility index (Phi) is 11.0. The number of rotatable bonds is 9. The smallest absolute Gasteiger partial charge is 0.255 e. The second kappa shape index (κ2) is 14.4. The number of anilines is 1. The van der Waals surface area contributed by atoms with Gasteiger partial charge in [-0.15, -0.1) is 0 Å². The minimum Gasteiger partial charge on any atom is -0.488 e. The molecule has 41 heavy (non-hydrogen) atoms. The van der Waals surface area contributed by atoms with Gasteiger partial charge in [-0.1, -0.05) is 38.8 Å². The van der Waals surface area contributed by atoms with Gasteiger partial charge in [0, 0.05) is 35.6 Å². The number of nitrogens with one attached hydrogen (secondary N) is 3. The van der Waals surface area contributed by atoms with E-state index in [0.29, 0.717) is 49.0 Å². The number of ketones is 1. The van der Waals surface area contributed by atoms with Gasteiger partial charge < -0.3 is 32.6 Å². The Morgan fingerprint density at radius 1 is 1.12 bits per heavy atom. The molecule has 0 radical (unpaired) electrons. The van der Waals surface area contributed by atoms with Crippen LogP contribution in [0, 0.1) is 17.2 Å². The van der Waals surface area contributed by atoms with Gasteiger partial charge in [0.05, 0.1) is 17.4 Å². The SMILES string of the molecule is CC[C@H](C)[C@@H]1NC(=O)c2cc(CC(=N)N)ccc2OCc2ccc(C(N)=O)cc2NC(=O)[C@H](CCCCN)CC1=O. The number of hydrogen-bond acceptors (Lipinski definition) is 7. The third kappa shape index (κ3) is 8.37. The van der Waals surface area contributed by atoms with Crippen molar-refractivity contribution in [2.24, 2.45) is 29.0 Å². The van der Waals surface area contributed by atoms with Crippen LogP contribution in [0.15, 0.2) is 36.4 Å². The molecule has 1 aliphatic rings. The van der Waals surface area contributed by atoms with Crippen LogP contribution < -0.4 is 32.6 Å². The number of ether oxygens (including phenoxy) is 1. The number of carbonyl (C=O) groups is 4. The molecule has 11 heteroatoms. The highest BCUT2D eigenvalue weighted by molar-refractivity contribution is 6.02. The number of benzene rings is 2. The highest BCUT2D eigenvalue weighted by Crippen LogP contribution is 2.28. The minimum atomic E-state index is -0.835. The van der Waals surface area contributed by atoms with Crippen LogP contribution in [0.2, 0.25) is 0 Å². The monoisotopic (exact) mass is 564 g/mol. The topological polar surface area (TPSA) is 203 Å². The number of carbonyl (C=O) groups excluding carboxylic acids is 4. The Labute approximate surface area is 240 Å². The van der Waals surface area contributed by atoms with E-state index >= 15 is 0 Å². The predicted octanol–water partition coefficient (Wildman–Crippen LogP) is 2.64. The molecule has 3 atom stereocenters. The zero-order valence-corrected chi connectivity index (χ0v) is 23.6. The zero-order valence-electron chi connectivity index (χ0n) is 23.6. The van der Waals surface area contributed by atoms with Crippen LogP contribution in [-0.4, -0.2) is 41.9 Å². The van der Waals surface area contributed by atoms with Crippen LogP contribution in [0.4, 0.5) is 5.69 Å². The summed E-state index contributed by atoms with van der Waals surface area (Å²) in [5.41, 5.74) is 18.7. The van der Waals surface area contributed by atoms with Crippen LogP contribution in [0.1, 0.15) is 77.8 Å². The average Bonchev–Trinajstić information content (AvgIpc) is 2.93. The van der Waals surface area contributed by atoms with Crippen LogP contribution in [-0.2, 0) is 22.6 Å². The van der Waals surface area contributed by atoms with Crippen LogP contribution >= 0.6 is 0 Å². The Morgan fingerprint density at radius 3 is 2.54 bits per heavy atom. The van der Waals surface area contributed by atoms with Crippen molar-refractivity contribution >= 4 is 35.0 Å². The number of amidine groups is 1. The van der Waals surface area contributed by atoms with Crippen molar-refractivity contribution in [2.75, 3.05) is 11.9 Å². The van der Waals surface area contributed by atoms with E-state index in [2.05, 4.69) is 10.6 Å². The van der Waals surface area contributed by atoms with Gasteiger partial charge >= 0.3 is 0 Å². The maximum absolute atomic E-state index is 13.7. The molecule has 0 unspecified atom stereocenters. The van der Waals surface area contributed by atoms with E-state index in [1.807, 2.05) is 13.8 Å². The van der Waals surface area contributed by atoms with Crippen molar-refractivity contribution < 1.29 is 23.9 Å². The molecular formula is C30H40N6O5. The Hall–Kier alpha value is -4.25. The van der Waals surface area contributed by atoms with Gasteiger partial charge in [0.2, 0.25) is 11.8 Å². The molecule has 0 bridgehead atoms. The normalized spacial score (nSPS) is 18.6. The lowest BCUT2D eigenvalue weighted by molar-refractivity contribution is -0.128. The van der Waals surface area contributed by atoms with E-state index < -0.39 is 23.8 Å². The quantitative estimate of drug-likeness (QED) is 0.152. The van der Waals surface area contributed by atoms with E-state index in [1.54, 1.807) is 24.3 Å². The molecule has 11 nitrogen and oxygen atoms in total. The molecule has 1 aliphatic heterocycles. The lowest BCUT2D eigenvalue weighted by Gasteiger charge is -2.26. The number of Topliss-reactive ketones (excluding diaryl/α,β-unsaturated/α-hetero) is 1. The standard InChI is InChI=1S/C30H40N6O5/c1-3-17(2)27-24(37)15-20(6-4-5-11-31)29(39)35-23-14-19(28(34)38)8-9-21(23)16-41-25-10-7-18(13-26(32)33)12-22(25)30(40)36-27/h7-10,12,14,17,20,27H,3-6,11,13,15-16,31H2,1-2H3,(H3,32,33)(H2,34,38)(H,35,39)(H,36,40)/t17-,20+,27-/m0/s1. The fourth-order valence-corrected chi connectivity index (χ4v) is 4.80. The van der Waals surface area contributed by atoms with Crippen LogP contribution in [0.25, 0.3) is 0 Å². The second-order valence-electron chi connectivity index (χ2n) is 10.5. The van der Waals surface area contributed by atoms with Crippen LogP contribution in [0.5, 0.6) is 5.75 Å². The molecule has 0 aliphatic carbocycles. The fourth-order valence-electron chi connectivity index (χ4n) is 4.80. The third-order valence-electron chi connectivity index (χ3n) is 7.39. The number of nitrogens with two attached hydrogens (primary N) is 3. The number of fused-ring (bicyclic) bond motifs is 2. The molecule has 220 valence electrons. The van der Waals surface area contributed by atoms with E-state index in [4.69, 9.17) is 27.3 Å². The second-order valence-corrected chi connectivity index (χ2v) is 10.5. The molecule has 0 saturated heterocycles. The molecule has 2 aromatic carbocycles. The number of unbranched alkanes of at least 4 members (excludes halogenated alkanes) is 1. The lowest BCUT2D eigenvalue weighted by Crippen LogP contribution is -2.46. The lowest BCUT2D eigenvalue weighted by atomic mass is 9.87. The first-order valence-electron chi connectivity index (χ1n) is 13.9. The van der Waals surface area contributed by atoms with E-state index in [0.717, 1.165) is 0 Å². The van der Waals surface area contributed by atoms with Crippen molar-refractivity contribution in [1.82, 2.24) is 5.32 Å². The summed E-state index contributed by atoms with van der Waals surface area (Å²) in [6.45, 7) is 4.23. The van der Waals surface area contributed by atoms with Gasteiger partial charge in [-0.3, -0.25) is 24.6 Å². The highest BCUT2D eigenvalue weighted by Gasteiger charge is 2.32. The molecular weight excluding hydrogens is 524 g/mol. The van der Waals surface area contributed by atoms with Gasteiger partial charge in [0.25, 0.3) is 5.91 Å². The Balaban J connectivity index is 2.12. The zero-order chi connectivity index (χ0) is 30.1. The maximum Gasteiger partial charge on any atom is 0.255 e. The van der Waals surface area contributed by atoms with E-state index in [-0.39, 0.29) is 59.8 Å². The summed E-state index contributed by atoms with van der Waals surface area (Å²) in [5, 5.41) is 13.4. The summed E-state index contributed by atoms with van der Waals surface area (Å²) >= 11 is 0.